The van der Waals surface area contributed by atoms with Crippen LogP contribution in [-0.4, -0.2) is 14.5 Å². The summed E-state index contributed by atoms with van der Waals surface area (Å²) in [6.45, 7) is 1.89. The van der Waals surface area contributed by atoms with Crippen molar-refractivity contribution in [3.63, 3.8) is 0 Å². The summed E-state index contributed by atoms with van der Waals surface area (Å²) in [4.78, 5) is 8.00. The Kier molecular flexibility index (Phi) is 2.13. The van der Waals surface area contributed by atoms with E-state index in [-0.39, 0.29) is 0 Å². The SMILES string of the molecule is Cc1nccn1-c1c(N)cncc1Cl. The van der Waals surface area contributed by atoms with Crippen LogP contribution in [0.2, 0.25) is 5.02 Å². The first-order valence-corrected chi connectivity index (χ1v) is 4.47. The number of aryl methyl sites for hydroxylation is 1. The fraction of sp³-hybridized carbons (Fsp3) is 0.111. The van der Waals surface area contributed by atoms with Gasteiger partial charge in [-0.2, -0.15) is 0 Å². The lowest BCUT2D eigenvalue weighted by atomic mass is 10.3. The van der Waals surface area contributed by atoms with Crippen molar-refractivity contribution in [3.05, 3.63) is 35.6 Å². The van der Waals surface area contributed by atoms with Crippen LogP contribution in [0.4, 0.5) is 5.69 Å². The second kappa shape index (κ2) is 3.31. The summed E-state index contributed by atoms with van der Waals surface area (Å²) < 4.78 is 1.83. The van der Waals surface area contributed by atoms with E-state index in [1.807, 2.05) is 17.7 Å². The largest absolute Gasteiger partial charge is 0.396 e. The highest BCUT2D eigenvalue weighted by Gasteiger charge is 2.08. The van der Waals surface area contributed by atoms with Gasteiger partial charge in [0.25, 0.3) is 0 Å². The van der Waals surface area contributed by atoms with Crippen LogP contribution >= 0.6 is 11.6 Å². The van der Waals surface area contributed by atoms with Gasteiger partial charge in [-0.25, -0.2) is 4.98 Å². The third-order valence-corrected chi connectivity index (χ3v) is 2.24. The molecule has 0 aliphatic carbocycles. The van der Waals surface area contributed by atoms with Crippen LogP contribution < -0.4 is 5.73 Å². The summed E-state index contributed by atoms with van der Waals surface area (Å²) in [6, 6.07) is 0. The van der Waals surface area contributed by atoms with Gasteiger partial charge in [-0.1, -0.05) is 11.6 Å². The molecule has 0 radical (unpaired) electrons. The molecule has 0 aliphatic rings. The Labute approximate surface area is 86.4 Å². The predicted octanol–water partition coefficient (Wildman–Crippen LogP) is 1.81. The van der Waals surface area contributed by atoms with E-state index in [0.717, 1.165) is 11.5 Å². The Bertz CT molecular complexity index is 443. The van der Waals surface area contributed by atoms with Crippen LogP contribution in [0.5, 0.6) is 0 Å². The zero-order chi connectivity index (χ0) is 10.1. The van der Waals surface area contributed by atoms with Crippen LogP contribution in [0.3, 0.4) is 0 Å². The molecular weight excluding hydrogens is 200 g/mol. The molecule has 0 amide bonds. The first kappa shape index (κ1) is 9.02. The molecule has 4 nitrogen and oxygen atoms in total. The van der Waals surface area contributed by atoms with E-state index in [4.69, 9.17) is 17.3 Å². The van der Waals surface area contributed by atoms with Crippen molar-refractivity contribution >= 4 is 17.3 Å². The number of nitrogens with zero attached hydrogens (tertiary/aromatic N) is 3. The third kappa shape index (κ3) is 1.33. The second-order valence-corrected chi connectivity index (χ2v) is 3.31. The number of nitrogen functional groups attached to an aromatic ring is 1. The van der Waals surface area contributed by atoms with Crippen LogP contribution in [-0.2, 0) is 0 Å². The summed E-state index contributed by atoms with van der Waals surface area (Å²) in [5.74, 6) is 0.838. The maximum Gasteiger partial charge on any atom is 0.110 e. The maximum atomic E-state index is 6.00. The normalized spacial score (nSPS) is 10.4. The first-order chi connectivity index (χ1) is 6.70. The Hall–Kier alpha value is -1.55. The molecule has 0 atom stereocenters. The number of imidazole rings is 1. The Morgan fingerprint density at radius 3 is 2.79 bits per heavy atom. The number of anilines is 1. The van der Waals surface area contributed by atoms with Gasteiger partial charge in [0.1, 0.15) is 5.82 Å². The monoisotopic (exact) mass is 208 g/mol. The number of halogens is 1. The summed E-state index contributed by atoms with van der Waals surface area (Å²) in [5.41, 5.74) is 7.06. The van der Waals surface area contributed by atoms with Crippen LogP contribution in [0.15, 0.2) is 24.8 Å². The standard InChI is InChI=1S/C9H9ClN4/c1-6-13-2-3-14(6)9-7(10)4-12-5-8(9)11/h2-5H,11H2,1H3. The van der Waals surface area contributed by atoms with Crippen molar-refractivity contribution in [3.8, 4) is 5.69 Å². The lowest BCUT2D eigenvalue weighted by Crippen LogP contribution is -2.02. The number of nitrogens with two attached hydrogens (primary N) is 1. The van der Waals surface area contributed by atoms with Crippen molar-refractivity contribution in [1.29, 1.82) is 0 Å². The smallest absolute Gasteiger partial charge is 0.110 e. The molecule has 2 rings (SSSR count). The quantitative estimate of drug-likeness (QED) is 0.778. The molecule has 0 aromatic carbocycles. The number of hydrogen-bond acceptors (Lipinski definition) is 3. The zero-order valence-corrected chi connectivity index (χ0v) is 8.36. The molecule has 0 spiro atoms. The molecule has 0 saturated heterocycles. The third-order valence-electron chi connectivity index (χ3n) is 1.97. The average Bonchev–Trinajstić information content (AvgIpc) is 2.52. The van der Waals surface area contributed by atoms with Gasteiger partial charge in [0.05, 0.1) is 22.6 Å². The highest BCUT2D eigenvalue weighted by atomic mass is 35.5. The Morgan fingerprint density at radius 1 is 1.43 bits per heavy atom. The fourth-order valence-electron chi connectivity index (χ4n) is 1.31. The molecule has 2 aromatic heterocycles. The van der Waals surface area contributed by atoms with E-state index < -0.39 is 0 Å². The van der Waals surface area contributed by atoms with Gasteiger partial charge >= 0.3 is 0 Å². The lowest BCUT2D eigenvalue weighted by Gasteiger charge is -2.09. The number of pyridine rings is 1. The Morgan fingerprint density at radius 2 is 2.21 bits per heavy atom. The maximum absolute atomic E-state index is 6.00. The average molecular weight is 209 g/mol. The number of rotatable bonds is 1. The fourth-order valence-corrected chi connectivity index (χ4v) is 1.57. The molecule has 2 N–H and O–H groups in total. The van der Waals surface area contributed by atoms with Crippen molar-refractivity contribution in [1.82, 2.24) is 14.5 Å². The van der Waals surface area contributed by atoms with Gasteiger partial charge in [-0.05, 0) is 6.92 Å². The topological polar surface area (TPSA) is 56.7 Å². The van der Waals surface area contributed by atoms with Crippen molar-refractivity contribution < 1.29 is 0 Å². The van der Waals surface area contributed by atoms with E-state index in [2.05, 4.69) is 9.97 Å². The van der Waals surface area contributed by atoms with Gasteiger partial charge in [0.15, 0.2) is 0 Å². The van der Waals surface area contributed by atoms with Gasteiger partial charge in [-0.3, -0.25) is 4.98 Å². The molecule has 5 heteroatoms. The van der Waals surface area contributed by atoms with Gasteiger partial charge in [-0.15, -0.1) is 0 Å². The lowest BCUT2D eigenvalue weighted by molar-refractivity contribution is 0.973. The van der Waals surface area contributed by atoms with Gasteiger partial charge in [0, 0.05) is 18.6 Å². The van der Waals surface area contributed by atoms with E-state index in [0.29, 0.717) is 10.7 Å². The van der Waals surface area contributed by atoms with Crippen LogP contribution in [0.25, 0.3) is 5.69 Å². The minimum Gasteiger partial charge on any atom is -0.396 e. The molecular formula is C9H9ClN4. The number of hydrogen-bond donors (Lipinski definition) is 1. The first-order valence-electron chi connectivity index (χ1n) is 4.09. The molecule has 0 unspecified atom stereocenters. The van der Waals surface area contributed by atoms with Gasteiger partial charge < -0.3 is 10.3 Å². The van der Waals surface area contributed by atoms with E-state index in [1.54, 1.807) is 18.6 Å². The Balaban J connectivity index is 2.68. The summed E-state index contributed by atoms with van der Waals surface area (Å²) in [6.07, 6.45) is 6.64. The summed E-state index contributed by atoms with van der Waals surface area (Å²) in [5, 5.41) is 0.520. The second-order valence-electron chi connectivity index (χ2n) is 2.90. The zero-order valence-electron chi connectivity index (χ0n) is 7.61. The van der Waals surface area contributed by atoms with E-state index >= 15 is 0 Å². The molecule has 14 heavy (non-hydrogen) atoms. The van der Waals surface area contributed by atoms with E-state index in [9.17, 15) is 0 Å². The summed E-state index contributed by atoms with van der Waals surface area (Å²) >= 11 is 6.00. The van der Waals surface area contributed by atoms with Crippen LogP contribution in [0, 0.1) is 6.92 Å². The molecule has 0 aliphatic heterocycles. The summed E-state index contributed by atoms with van der Waals surface area (Å²) in [7, 11) is 0. The molecule has 2 heterocycles. The molecule has 0 saturated carbocycles. The van der Waals surface area contributed by atoms with Crippen LogP contribution in [0.1, 0.15) is 5.82 Å². The minimum atomic E-state index is 0.520. The highest BCUT2D eigenvalue weighted by molar-refractivity contribution is 6.32. The van der Waals surface area contributed by atoms with Crippen molar-refractivity contribution in [2.75, 3.05) is 5.73 Å². The van der Waals surface area contributed by atoms with Crippen molar-refractivity contribution in [2.24, 2.45) is 0 Å². The van der Waals surface area contributed by atoms with Crippen molar-refractivity contribution in [2.45, 2.75) is 6.92 Å². The van der Waals surface area contributed by atoms with Gasteiger partial charge in [0.2, 0.25) is 0 Å². The number of aromatic nitrogens is 3. The molecule has 0 fully saturated rings. The highest BCUT2D eigenvalue weighted by Crippen LogP contribution is 2.25. The minimum absolute atomic E-state index is 0.520. The molecule has 72 valence electrons. The van der Waals surface area contributed by atoms with E-state index in [1.165, 1.54) is 0 Å². The molecule has 2 aromatic rings. The predicted molar refractivity (Wildman–Crippen MR) is 55.5 cm³/mol. The molecule has 0 bridgehead atoms.